The fourth-order valence-corrected chi connectivity index (χ4v) is 5.86. The zero-order chi connectivity index (χ0) is 23.0. The van der Waals surface area contributed by atoms with Crippen LogP contribution in [-0.4, -0.2) is 39.6 Å². The van der Waals surface area contributed by atoms with Gasteiger partial charge in [-0.05, 0) is 67.6 Å². The Morgan fingerprint density at radius 2 is 1.79 bits per heavy atom. The Hall–Kier alpha value is -2.94. The number of halogens is 1. The van der Waals surface area contributed by atoms with Gasteiger partial charge in [0.15, 0.2) is 5.65 Å². The molecular formula is C24H23ClN4O3S. The summed E-state index contributed by atoms with van der Waals surface area (Å²) in [6, 6.07) is 15.7. The molecule has 2 N–H and O–H groups in total. The third kappa shape index (κ3) is 4.34. The van der Waals surface area contributed by atoms with E-state index in [0.717, 1.165) is 31.2 Å². The first-order chi connectivity index (χ1) is 15.9. The number of pyridine rings is 2. The number of nitrogens with zero attached hydrogens (tertiary/aromatic N) is 3. The Bertz CT molecular complexity index is 1400. The summed E-state index contributed by atoms with van der Waals surface area (Å²) >= 11 is 6.35. The number of anilines is 1. The Morgan fingerprint density at radius 3 is 2.55 bits per heavy atom. The highest BCUT2D eigenvalue weighted by Gasteiger charge is 2.24. The molecule has 0 saturated heterocycles. The van der Waals surface area contributed by atoms with Gasteiger partial charge in [-0.25, -0.2) is 22.4 Å². The van der Waals surface area contributed by atoms with Gasteiger partial charge >= 0.3 is 0 Å². The SMILES string of the molecule is O=S(=O)(c1ccccc1)n1cc(-c2cc(Cl)nc(N[C@H]3CC[C@H](O)CC3)c2)c2cccnc21. The van der Waals surface area contributed by atoms with Crippen LogP contribution in [0.5, 0.6) is 0 Å². The van der Waals surface area contributed by atoms with Gasteiger partial charge in [-0.15, -0.1) is 0 Å². The van der Waals surface area contributed by atoms with E-state index in [1.807, 2.05) is 12.1 Å². The van der Waals surface area contributed by atoms with E-state index in [1.54, 1.807) is 54.9 Å². The van der Waals surface area contributed by atoms with Crippen LogP contribution in [0.2, 0.25) is 5.15 Å². The number of rotatable bonds is 5. The van der Waals surface area contributed by atoms with Gasteiger partial charge in [0, 0.05) is 29.4 Å². The van der Waals surface area contributed by atoms with Crippen molar-refractivity contribution in [2.45, 2.75) is 42.7 Å². The zero-order valence-corrected chi connectivity index (χ0v) is 19.3. The molecule has 3 heterocycles. The maximum absolute atomic E-state index is 13.4. The predicted octanol–water partition coefficient (Wildman–Crippen LogP) is 4.70. The highest BCUT2D eigenvalue weighted by atomic mass is 35.5. The quantitative estimate of drug-likeness (QED) is 0.400. The molecular weight excluding hydrogens is 460 g/mol. The van der Waals surface area contributed by atoms with Crippen LogP contribution >= 0.6 is 11.6 Å². The van der Waals surface area contributed by atoms with Crippen LogP contribution < -0.4 is 5.32 Å². The third-order valence-electron chi connectivity index (χ3n) is 5.99. The summed E-state index contributed by atoms with van der Waals surface area (Å²) in [5, 5.41) is 14.2. The number of aliphatic hydroxyl groups excluding tert-OH is 1. The first kappa shape index (κ1) is 21.9. The molecule has 0 bridgehead atoms. The Labute approximate surface area is 197 Å². The number of aromatic nitrogens is 3. The molecule has 33 heavy (non-hydrogen) atoms. The Morgan fingerprint density at radius 1 is 1.03 bits per heavy atom. The minimum atomic E-state index is -3.83. The maximum Gasteiger partial charge on any atom is 0.269 e. The average molecular weight is 483 g/mol. The fraction of sp³-hybridized carbons (Fsp3) is 0.250. The van der Waals surface area contributed by atoms with E-state index in [2.05, 4.69) is 15.3 Å². The Kier molecular flexibility index (Phi) is 5.82. The summed E-state index contributed by atoms with van der Waals surface area (Å²) in [4.78, 5) is 8.96. The second kappa shape index (κ2) is 8.78. The van der Waals surface area contributed by atoms with E-state index < -0.39 is 10.0 Å². The number of hydrogen-bond donors (Lipinski definition) is 2. The van der Waals surface area contributed by atoms with Crippen LogP contribution in [0.1, 0.15) is 25.7 Å². The lowest BCUT2D eigenvalue weighted by molar-refractivity contribution is 0.126. The van der Waals surface area contributed by atoms with Crippen LogP contribution in [0.25, 0.3) is 22.2 Å². The van der Waals surface area contributed by atoms with Gasteiger partial charge in [-0.2, -0.15) is 0 Å². The second-order valence-electron chi connectivity index (χ2n) is 8.24. The highest BCUT2D eigenvalue weighted by Crippen LogP contribution is 2.34. The monoisotopic (exact) mass is 482 g/mol. The average Bonchev–Trinajstić information content (AvgIpc) is 3.21. The van der Waals surface area contributed by atoms with Crippen LogP contribution in [0, 0.1) is 0 Å². The van der Waals surface area contributed by atoms with Crippen molar-refractivity contribution in [3.8, 4) is 11.1 Å². The molecule has 0 atom stereocenters. The molecule has 5 rings (SSSR count). The molecule has 0 unspecified atom stereocenters. The maximum atomic E-state index is 13.4. The van der Waals surface area contributed by atoms with Crippen LogP contribution in [-0.2, 0) is 10.0 Å². The second-order valence-corrected chi connectivity index (χ2v) is 10.4. The van der Waals surface area contributed by atoms with Crippen molar-refractivity contribution >= 4 is 38.5 Å². The molecule has 7 nitrogen and oxygen atoms in total. The van der Waals surface area contributed by atoms with Crippen molar-refractivity contribution in [1.82, 2.24) is 13.9 Å². The van der Waals surface area contributed by atoms with Crippen molar-refractivity contribution in [2.75, 3.05) is 5.32 Å². The normalized spacial score (nSPS) is 19.0. The minimum Gasteiger partial charge on any atom is -0.393 e. The number of nitrogens with one attached hydrogen (secondary N) is 1. The highest BCUT2D eigenvalue weighted by molar-refractivity contribution is 7.90. The van der Waals surface area contributed by atoms with Gasteiger partial charge in [0.25, 0.3) is 10.0 Å². The van der Waals surface area contributed by atoms with Gasteiger partial charge in [-0.3, -0.25) is 0 Å². The van der Waals surface area contributed by atoms with E-state index in [9.17, 15) is 13.5 Å². The van der Waals surface area contributed by atoms with Crippen molar-refractivity contribution in [1.29, 1.82) is 0 Å². The summed E-state index contributed by atoms with van der Waals surface area (Å²) in [5.74, 6) is 0.620. The predicted molar refractivity (Wildman–Crippen MR) is 129 cm³/mol. The van der Waals surface area contributed by atoms with E-state index >= 15 is 0 Å². The minimum absolute atomic E-state index is 0.189. The smallest absolute Gasteiger partial charge is 0.269 e. The molecule has 1 aliphatic rings. The summed E-state index contributed by atoms with van der Waals surface area (Å²) < 4.78 is 28.0. The van der Waals surface area contributed by atoms with Crippen LogP contribution in [0.4, 0.5) is 5.82 Å². The lowest BCUT2D eigenvalue weighted by Gasteiger charge is -2.26. The molecule has 0 amide bonds. The van der Waals surface area contributed by atoms with E-state index in [0.29, 0.717) is 27.6 Å². The molecule has 9 heteroatoms. The standard InChI is InChI=1S/C24H23ClN4O3S/c25-22-13-16(14-23(28-22)27-17-8-10-18(30)11-9-17)21-15-29(24-20(21)7-4-12-26-24)33(31,32)19-5-2-1-3-6-19/h1-7,12-15,17-18,30H,8-11H2,(H,27,28)/t17-,18-. The molecule has 1 aliphatic carbocycles. The van der Waals surface area contributed by atoms with Crippen molar-refractivity contribution in [2.24, 2.45) is 0 Å². The molecule has 4 aromatic rings. The summed E-state index contributed by atoms with van der Waals surface area (Å²) in [6.45, 7) is 0. The lowest BCUT2D eigenvalue weighted by atomic mass is 9.93. The fourth-order valence-electron chi connectivity index (χ4n) is 4.31. The molecule has 1 fully saturated rings. The number of aliphatic hydroxyl groups is 1. The lowest BCUT2D eigenvalue weighted by Crippen LogP contribution is -2.28. The van der Waals surface area contributed by atoms with Crippen LogP contribution in [0.3, 0.4) is 0 Å². The van der Waals surface area contributed by atoms with Gasteiger partial charge in [0.1, 0.15) is 11.0 Å². The van der Waals surface area contributed by atoms with E-state index in [1.165, 1.54) is 3.97 Å². The van der Waals surface area contributed by atoms with Gasteiger partial charge in [-0.1, -0.05) is 29.8 Å². The van der Waals surface area contributed by atoms with E-state index in [4.69, 9.17) is 11.6 Å². The largest absolute Gasteiger partial charge is 0.393 e. The first-order valence-electron chi connectivity index (χ1n) is 10.8. The summed E-state index contributed by atoms with van der Waals surface area (Å²) in [7, 11) is -3.83. The van der Waals surface area contributed by atoms with Gasteiger partial charge in [0.2, 0.25) is 0 Å². The van der Waals surface area contributed by atoms with Crippen molar-refractivity contribution in [3.05, 3.63) is 72.1 Å². The first-order valence-corrected chi connectivity index (χ1v) is 12.6. The van der Waals surface area contributed by atoms with Gasteiger partial charge < -0.3 is 10.4 Å². The van der Waals surface area contributed by atoms with Crippen LogP contribution in [0.15, 0.2) is 71.9 Å². The summed E-state index contributed by atoms with van der Waals surface area (Å²) in [6.07, 6.45) is 6.13. The number of fused-ring (bicyclic) bond motifs is 1. The topological polar surface area (TPSA) is 97.1 Å². The molecule has 0 aliphatic heterocycles. The Balaban J connectivity index is 1.58. The molecule has 1 saturated carbocycles. The zero-order valence-electron chi connectivity index (χ0n) is 17.7. The molecule has 1 aromatic carbocycles. The number of benzene rings is 1. The molecule has 170 valence electrons. The van der Waals surface area contributed by atoms with Crippen molar-refractivity contribution < 1.29 is 13.5 Å². The summed E-state index contributed by atoms with van der Waals surface area (Å²) in [5.41, 5.74) is 1.79. The van der Waals surface area contributed by atoms with E-state index in [-0.39, 0.29) is 17.0 Å². The molecule has 0 radical (unpaired) electrons. The number of hydrogen-bond acceptors (Lipinski definition) is 6. The van der Waals surface area contributed by atoms with Gasteiger partial charge in [0.05, 0.1) is 11.0 Å². The van der Waals surface area contributed by atoms with Crippen molar-refractivity contribution in [3.63, 3.8) is 0 Å². The molecule has 3 aromatic heterocycles. The third-order valence-corrected chi connectivity index (χ3v) is 7.84. The molecule has 0 spiro atoms.